The van der Waals surface area contributed by atoms with Crippen LogP contribution in [-0.4, -0.2) is 124 Å². The van der Waals surface area contributed by atoms with Crippen molar-refractivity contribution in [3.8, 4) is 11.1 Å². The Morgan fingerprint density at radius 1 is 0.453 bits per heavy atom. The van der Waals surface area contributed by atoms with E-state index in [-0.39, 0.29) is 29.5 Å². The third-order valence-electron chi connectivity index (χ3n) is 11.7. The average Bonchev–Trinajstić information content (AvgIpc) is 3.35. The molecule has 3 rings (SSSR count). The summed E-state index contributed by atoms with van der Waals surface area (Å²) >= 11 is 0. The van der Waals surface area contributed by atoms with E-state index in [1.165, 1.54) is 113 Å². The minimum Gasteiger partial charge on any atom is -0.395 e. The molecular formula is C47H82N4O2. The SMILES string of the molecule is CN(C)CCCN(CCCCCCC1(CCCCCCN(CCO)CCO)c2cc(C(C)(C)C)ccc2-c2ccc(C(C)(C)C)cc21)CCCN(C)C. The molecule has 0 bridgehead atoms. The standard InChI is InChI=1S/C47H82N4O2/c1-45(2,3)39-21-23-41-42-24-22-40(46(4,5)6)38-44(42)47(43(41)37-39,26-16-12-14-18-30-51(33-35-52)34-36-53)25-15-11-13-17-29-50(31-19-27-48(7)8)32-20-28-49(9)10/h21-24,37-38,52-53H,11-20,25-36H2,1-10H3. The van der Waals surface area contributed by atoms with E-state index in [0.29, 0.717) is 13.1 Å². The van der Waals surface area contributed by atoms with Crippen molar-refractivity contribution in [1.82, 2.24) is 19.6 Å². The molecule has 0 saturated carbocycles. The molecule has 0 aromatic heterocycles. The molecule has 0 saturated heterocycles. The Bertz CT molecular complexity index is 1240. The van der Waals surface area contributed by atoms with Crippen LogP contribution < -0.4 is 0 Å². The Kier molecular flexibility index (Phi) is 19.0. The normalized spacial score (nSPS) is 14.3. The molecule has 0 unspecified atom stereocenters. The van der Waals surface area contributed by atoms with Crippen molar-refractivity contribution in [2.24, 2.45) is 0 Å². The van der Waals surface area contributed by atoms with Crippen LogP contribution in [0.15, 0.2) is 36.4 Å². The number of aliphatic hydroxyl groups excluding tert-OH is 2. The van der Waals surface area contributed by atoms with Crippen molar-refractivity contribution in [3.05, 3.63) is 58.7 Å². The summed E-state index contributed by atoms with van der Waals surface area (Å²) < 4.78 is 0. The van der Waals surface area contributed by atoms with E-state index in [0.717, 1.165) is 26.1 Å². The number of hydrogen-bond donors (Lipinski definition) is 2. The van der Waals surface area contributed by atoms with Crippen molar-refractivity contribution in [3.63, 3.8) is 0 Å². The van der Waals surface area contributed by atoms with Crippen molar-refractivity contribution >= 4 is 0 Å². The van der Waals surface area contributed by atoms with Gasteiger partial charge in [-0.2, -0.15) is 0 Å². The molecule has 0 atom stereocenters. The van der Waals surface area contributed by atoms with E-state index in [1.54, 1.807) is 11.1 Å². The fraction of sp³-hybridized carbons (Fsp3) is 0.745. The molecule has 6 heteroatoms. The maximum absolute atomic E-state index is 9.46. The van der Waals surface area contributed by atoms with Crippen LogP contribution in [0, 0.1) is 0 Å². The lowest BCUT2D eigenvalue weighted by atomic mass is 9.69. The van der Waals surface area contributed by atoms with E-state index in [9.17, 15) is 10.2 Å². The third-order valence-corrected chi connectivity index (χ3v) is 11.7. The summed E-state index contributed by atoms with van der Waals surface area (Å²) in [6.07, 6.45) is 14.8. The van der Waals surface area contributed by atoms with Crippen LogP contribution in [0.2, 0.25) is 0 Å². The summed E-state index contributed by atoms with van der Waals surface area (Å²) in [5.41, 5.74) is 9.22. The third kappa shape index (κ3) is 14.3. The van der Waals surface area contributed by atoms with Crippen molar-refractivity contribution < 1.29 is 10.2 Å². The fourth-order valence-corrected chi connectivity index (χ4v) is 8.50. The zero-order valence-electron chi connectivity index (χ0n) is 36.2. The summed E-state index contributed by atoms with van der Waals surface area (Å²) in [6.45, 7) is 22.6. The lowest BCUT2D eigenvalue weighted by Gasteiger charge is -2.35. The van der Waals surface area contributed by atoms with Crippen LogP contribution in [-0.2, 0) is 16.2 Å². The topological polar surface area (TPSA) is 53.4 Å². The maximum atomic E-state index is 9.46. The fourth-order valence-electron chi connectivity index (χ4n) is 8.50. The number of hydrogen-bond acceptors (Lipinski definition) is 6. The zero-order valence-corrected chi connectivity index (χ0v) is 36.2. The Morgan fingerprint density at radius 2 is 0.811 bits per heavy atom. The molecule has 6 nitrogen and oxygen atoms in total. The van der Waals surface area contributed by atoms with Gasteiger partial charge >= 0.3 is 0 Å². The summed E-state index contributed by atoms with van der Waals surface area (Å²) in [5, 5.41) is 18.9. The van der Waals surface area contributed by atoms with Gasteiger partial charge in [0.15, 0.2) is 0 Å². The summed E-state index contributed by atoms with van der Waals surface area (Å²) in [7, 11) is 8.75. The van der Waals surface area contributed by atoms with E-state index in [1.807, 2.05) is 0 Å². The highest BCUT2D eigenvalue weighted by Crippen LogP contribution is 2.55. The minimum absolute atomic E-state index is 0.0391. The van der Waals surface area contributed by atoms with Gasteiger partial charge in [-0.1, -0.05) is 116 Å². The molecule has 2 N–H and O–H groups in total. The number of rotatable bonds is 26. The number of benzene rings is 2. The Labute approximate surface area is 327 Å². The van der Waals surface area contributed by atoms with Crippen LogP contribution in [0.3, 0.4) is 0 Å². The summed E-state index contributed by atoms with van der Waals surface area (Å²) in [6, 6.07) is 14.9. The van der Waals surface area contributed by atoms with Gasteiger partial charge in [0.05, 0.1) is 13.2 Å². The molecule has 0 spiro atoms. The Hall–Kier alpha value is -1.80. The second-order valence-electron chi connectivity index (χ2n) is 18.9. The zero-order chi connectivity index (χ0) is 39.1. The van der Waals surface area contributed by atoms with Gasteiger partial charge in [0.25, 0.3) is 0 Å². The minimum atomic E-state index is 0.0391. The lowest BCUT2D eigenvalue weighted by Crippen LogP contribution is -2.31. The first-order valence-electron chi connectivity index (χ1n) is 21.4. The Morgan fingerprint density at radius 3 is 1.17 bits per heavy atom. The first-order valence-corrected chi connectivity index (χ1v) is 21.4. The second-order valence-corrected chi connectivity index (χ2v) is 18.9. The largest absolute Gasteiger partial charge is 0.395 e. The van der Waals surface area contributed by atoms with E-state index >= 15 is 0 Å². The van der Waals surface area contributed by atoms with E-state index < -0.39 is 0 Å². The molecule has 1 aliphatic carbocycles. The molecule has 0 amide bonds. The van der Waals surface area contributed by atoms with Gasteiger partial charge in [-0.3, -0.25) is 4.90 Å². The molecule has 0 heterocycles. The van der Waals surface area contributed by atoms with Gasteiger partial charge in [-0.25, -0.2) is 0 Å². The first-order chi connectivity index (χ1) is 25.1. The van der Waals surface area contributed by atoms with Gasteiger partial charge in [0, 0.05) is 18.5 Å². The lowest BCUT2D eigenvalue weighted by molar-refractivity contribution is 0.159. The highest BCUT2D eigenvalue weighted by atomic mass is 16.3. The first kappa shape index (κ1) is 45.6. The summed E-state index contributed by atoms with van der Waals surface area (Å²) in [5.74, 6) is 0. The molecule has 0 radical (unpaired) electrons. The van der Waals surface area contributed by atoms with Crippen LogP contribution in [0.1, 0.15) is 141 Å². The molecule has 2 aromatic carbocycles. The predicted molar refractivity (Wildman–Crippen MR) is 230 cm³/mol. The molecule has 1 aliphatic rings. The molecule has 53 heavy (non-hydrogen) atoms. The van der Waals surface area contributed by atoms with Crippen LogP contribution in [0.5, 0.6) is 0 Å². The highest BCUT2D eigenvalue weighted by molar-refractivity contribution is 5.82. The predicted octanol–water partition coefficient (Wildman–Crippen LogP) is 8.94. The van der Waals surface area contributed by atoms with Crippen molar-refractivity contribution in [1.29, 1.82) is 0 Å². The molecule has 0 fully saturated rings. The van der Waals surface area contributed by atoms with Crippen LogP contribution in [0.4, 0.5) is 0 Å². The quantitative estimate of drug-likeness (QED) is 0.0943. The number of aliphatic hydroxyl groups is 2. The van der Waals surface area contributed by atoms with Gasteiger partial charge in [0.2, 0.25) is 0 Å². The Balaban J connectivity index is 1.81. The van der Waals surface area contributed by atoms with Crippen molar-refractivity contribution in [2.75, 3.05) is 93.8 Å². The van der Waals surface area contributed by atoms with Gasteiger partial charge < -0.3 is 24.9 Å². The van der Waals surface area contributed by atoms with Crippen molar-refractivity contribution in [2.45, 2.75) is 135 Å². The van der Waals surface area contributed by atoms with E-state index in [4.69, 9.17) is 0 Å². The molecule has 302 valence electrons. The van der Waals surface area contributed by atoms with Gasteiger partial charge in [-0.05, 0) is 150 Å². The smallest absolute Gasteiger partial charge is 0.0558 e. The molecular weight excluding hydrogens is 653 g/mol. The van der Waals surface area contributed by atoms with Gasteiger partial charge in [-0.15, -0.1) is 0 Å². The molecule has 2 aromatic rings. The van der Waals surface area contributed by atoms with Gasteiger partial charge in [0.1, 0.15) is 0 Å². The number of nitrogens with zero attached hydrogens (tertiary/aromatic N) is 4. The number of unbranched alkanes of at least 4 members (excludes halogenated alkanes) is 6. The summed E-state index contributed by atoms with van der Waals surface area (Å²) in [4.78, 5) is 9.55. The van der Waals surface area contributed by atoms with Crippen LogP contribution >= 0.6 is 0 Å². The highest BCUT2D eigenvalue weighted by Gasteiger charge is 2.43. The number of fused-ring (bicyclic) bond motifs is 3. The maximum Gasteiger partial charge on any atom is 0.0558 e. The molecule has 0 aliphatic heterocycles. The average molecular weight is 735 g/mol. The van der Waals surface area contributed by atoms with Crippen LogP contribution in [0.25, 0.3) is 11.1 Å². The monoisotopic (exact) mass is 735 g/mol. The van der Waals surface area contributed by atoms with E-state index in [2.05, 4.69) is 126 Å². The second kappa shape index (κ2) is 22.1.